The average molecular weight is 123 g/mol. The third-order valence-electron chi connectivity index (χ3n) is 1.03. The summed E-state index contributed by atoms with van der Waals surface area (Å²) in [7, 11) is 0. The van der Waals surface area contributed by atoms with E-state index in [0.717, 1.165) is 12.2 Å². The first kappa shape index (κ1) is 5.95. The molecule has 0 bridgehead atoms. The Bertz CT molecular complexity index is 158. The molecule has 48 valence electrons. The van der Waals surface area contributed by atoms with Crippen molar-refractivity contribution in [2.75, 3.05) is 0 Å². The zero-order valence-electron chi connectivity index (χ0n) is 5.08. The van der Waals surface area contributed by atoms with Crippen molar-refractivity contribution in [3.63, 3.8) is 0 Å². The minimum atomic E-state index is 0.879. The van der Waals surface area contributed by atoms with Crippen LogP contribution < -0.4 is 5.73 Å². The maximum absolute atomic E-state index is 5.11. The maximum Gasteiger partial charge on any atom is 0.107 e. The molecule has 2 nitrogen and oxygen atoms in total. The number of nitrogens with two attached hydrogens (primary N) is 1. The lowest BCUT2D eigenvalue weighted by Crippen LogP contribution is -1.77. The molecule has 1 rings (SSSR count). The quantitative estimate of drug-likeness (QED) is 0.570. The predicted octanol–water partition coefficient (Wildman–Crippen LogP) is 1.28. The topological polar surface area (TPSA) is 35.2 Å². The Labute approximate surface area is 54.3 Å². The Hall–Kier alpha value is -1.18. The molecule has 0 aliphatic carbocycles. The van der Waals surface area contributed by atoms with Crippen LogP contribution in [0.5, 0.6) is 0 Å². The van der Waals surface area contributed by atoms with Crippen LogP contribution in [-0.4, -0.2) is 0 Å². The number of hydrogen-bond acceptors (Lipinski definition) is 2. The van der Waals surface area contributed by atoms with Gasteiger partial charge in [0.05, 0.1) is 6.26 Å². The lowest BCUT2D eigenvalue weighted by molar-refractivity contribution is 0.367. The molecular formula is C7H9NO. The van der Waals surface area contributed by atoms with Crippen LogP contribution in [0.3, 0.4) is 0 Å². The largest absolute Gasteiger partial charge is 0.469 e. The number of hydrogen-bond donors (Lipinski definition) is 1. The van der Waals surface area contributed by atoms with Gasteiger partial charge in [-0.15, -0.1) is 0 Å². The molecule has 0 aromatic carbocycles. The van der Waals surface area contributed by atoms with E-state index in [0.29, 0.717) is 0 Å². The molecule has 0 amide bonds. The van der Waals surface area contributed by atoms with Crippen molar-refractivity contribution in [2.45, 2.75) is 6.42 Å². The van der Waals surface area contributed by atoms with Crippen LogP contribution in [-0.2, 0) is 4.74 Å². The summed E-state index contributed by atoms with van der Waals surface area (Å²) in [4.78, 5) is 0. The Morgan fingerprint density at radius 1 is 1.67 bits per heavy atom. The molecule has 2 heteroatoms. The second-order valence-electron chi connectivity index (χ2n) is 1.71. The molecule has 2 N–H and O–H groups in total. The molecule has 0 aromatic heterocycles. The zero-order valence-corrected chi connectivity index (χ0v) is 5.08. The molecule has 0 radical (unpaired) electrons. The van der Waals surface area contributed by atoms with Crippen molar-refractivity contribution in [1.82, 2.24) is 0 Å². The van der Waals surface area contributed by atoms with Gasteiger partial charge in [-0.2, -0.15) is 0 Å². The lowest BCUT2D eigenvalue weighted by atomic mass is 10.3. The first-order valence-corrected chi connectivity index (χ1v) is 2.82. The highest BCUT2D eigenvalue weighted by Crippen LogP contribution is 2.11. The molecule has 1 heterocycles. The molecule has 0 aromatic rings. The first-order chi connectivity index (χ1) is 4.43. The van der Waals surface area contributed by atoms with Crippen molar-refractivity contribution in [3.8, 4) is 0 Å². The Balaban J connectivity index is 2.43. The lowest BCUT2D eigenvalue weighted by Gasteiger charge is -1.91. The van der Waals surface area contributed by atoms with Crippen LogP contribution >= 0.6 is 0 Å². The van der Waals surface area contributed by atoms with Crippen molar-refractivity contribution in [2.24, 2.45) is 5.73 Å². The summed E-state index contributed by atoms with van der Waals surface area (Å²) in [5, 5.41) is 0. The fourth-order valence-corrected chi connectivity index (χ4v) is 0.618. The van der Waals surface area contributed by atoms with Gasteiger partial charge in [0, 0.05) is 6.42 Å². The second kappa shape index (κ2) is 2.97. The van der Waals surface area contributed by atoms with Crippen molar-refractivity contribution in [1.29, 1.82) is 0 Å². The number of rotatable bonds is 1. The van der Waals surface area contributed by atoms with E-state index in [9.17, 15) is 0 Å². The van der Waals surface area contributed by atoms with Crippen molar-refractivity contribution < 1.29 is 4.74 Å². The standard InChI is InChI=1S/C7H9NO/c8-5-1-3-7-4-2-6-9-7/h1-3,5-6H,4,8H2. The fourth-order valence-electron chi connectivity index (χ4n) is 0.618. The van der Waals surface area contributed by atoms with Gasteiger partial charge in [0.25, 0.3) is 0 Å². The van der Waals surface area contributed by atoms with E-state index in [2.05, 4.69) is 0 Å². The Morgan fingerprint density at radius 3 is 3.11 bits per heavy atom. The first-order valence-electron chi connectivity index (χ1n) is 2.82. The van der Waals surface area contributed by atoms with E-state index in [4.69, 9.17) is 10.5 Å². The molecule has 1 aliphatic rings. The molecule has 0 fully saturated rings. The van der Waals surface area contributed by atoms with Crippen molar-refractivity contribution >= 4 is 0 Å². The van der Waals surface area contributed by atoms with Crippen LogP contribution in [0.15, 0.2) is 36.4 Å². The fraction of sp³-hybridized carbons (Fsp3) is 0.143. The van der Waals surface area contributed by atoms with Gasteiger partial charge in [0.15, 0.2) is 0 Å². The number of allylic oxidation sites excluding steroid dienone is 3. The van der Waals surface area contributed by atoms with Crippen LogP contribution in [0.1, 0.15) is 6.42 Å². The Morgan fingerprint density at radius 2 is 2.56 bits per heavy atom. The molecule has 0 saturated carbocycles. The summed E-state index contributed by atoms with van der Waals surface area (Å²) < 4.78 is 5.03. The van der Waals surface area contributed by atoms with E-state index >= 15 is 0 Å². The summed E-state index contributed by atoms with van der Waals surface area (Å²) in [5.74, 6) is 0.941. The SMILES string of the molecule is NC=CC=C1CC=CO1. The molecule has 0 saturated heterocycles. The summed E-state index contributed by atoms with van der Waals surface area (Å²) >= 11 is 0. The van der Waals surface area contributed by atoms with Crippen LogP contribution in [0.2, 0.25) is 0 Å². The van der Waals surface area contributed by atoms with E-state index < -0.39 is 0 Å². The Kier molecular flexibility index (Phi) is 1.96. The summed E-state index contributed by atoms with van der Waals surface area (Å²) in [6, 6.07) is 0. The average Bonchev–Trinajstić information content (AvgIpc) is 2.34. The maximum atomic E-state index is 5.11. The minimum absolute atomic E-state index is 0.879. The van der Waals surface area contributed by atoms with Gasteiger partial charge in [-0.25, -0.2) is 0 Å². The summed E-state index contributed by atoms with van der Waals surface area (Å²) in [6.07, 6.45) is 9.59. The number of ether oxygens (including phenoxy) is 1. The zero-order chi connectivity index (χ0) is 6.53. The highest BCUT2D eigenvalue weighted by Gasteiger charge is 1.96. The monoisotopic (exact) mass is 123 g/mol. The molecule has 9 heavy (non-hydrogen) atoms. The van der Waals surface area contributed by atoms with Gasteiger partial charge in [0.1, 0.15) is 5.76 Å². The van der Waals surface area contributed by atoms with E-state index in [-0.39, 0.29) is 0 Å². The molecule has 0 unspecified atom stereocenters. The van der Waals surface area contributed by atoms with Crippen LogP contribution in [0.4, 0.5) is 0 Å². The predicted molar refractivity (Wildman–Crippen MR) is 36.3 cm³/mol. The highest BCUT2D eigenvalue weighted by atomic mass is 16.5. The summed E-state index contributed by atoms with van der Waals surface area (Å²) in [6.45, 7) is 0. The molecule has 0 atom stereocenters. The van der Waals surface area contributed by atoms with Gasteiger partial charge in [-0.05, 0) is 24.4 Å². The van der Waals surface area contributed by atoms with Gasteiger partial charge in [-0.3, -0.25) is 0 Å². The van der Waals surface area contributed by atoms with Gasteiger partial charge < -0.3 is 10.5 Å². The van der Waals surface area contributed by atoms with Gasteiger partial charge in [0.2, 0.25) is 0 Å². The van der Waals surface area contributed by atoms with Crippen LogP contribution in [0, 0.1) is 0 Å². The smallest absolute Gasteiger partial charge is 0.107 e. The second-order valence-corrected chi connectivity index (χ2v) is 1.71. The van der Waals surface area contributed by atoms with Crippen LogP contribution in [0.25, 0.3) is 0 Å². The van der Waals surface area contributed by atoms with E-state index in [1.165, 1.54) is 6.20 Å². The summed E-state index contributed by atoms with van der Waals surface area (Å²) in [5.41, 5.74) is 5.11. The minimum Gasteiger partial charge on any atom is -0.469 e. The van der Waals surface area contributed by atoms with E-state index in [1.807, 2.05) is 12.2 Å². The molecule has 0 spiro atoms. The normalized spacial score (nSPS) is 21.6. The third-order valence-corrected chi connectivity index (χ3v) is 1.03. The highest BCUT2D eigenvalue weighted by molar-refractivity contribution is 5.13. The van der Waals surface area contributed by atoms with Gasteiger partial charge in [-0.1, -0.05) is 0 Å². The van der Waals surface area contributed by atoms with Crippen molar-refractivity contribution in [3.05, 3.63) is 36.4 Å². The molecular weight excluding hydrogens is 114 g/mol. The third kappa shape index (κ3) is 1.64. The van der Waals surface area contributed by atoms with Gasteiger partial charge >= 0.3 is 0 Å². The van der Waals surface area contributed by atoms with E-state index in [1.54, 1.807) is 12.3 Å². The molecule has 1 aliphatic heterocycles.